The molecule has 0 spiro atoms. The minimum Gasteiger partial charge on any atom is -0.381 e. The number of aldehydes is 1. The lowest BCUT2D eigenvalue weighted by molar-refractivity contribution is -0.105. The third-order valence-electron chi connectivity index (χ3n) is 6.06. The first-order valence-corrected chi connectivity index (χ1v) is 12.1. The Labute approximate surface area is 193 Å². The van der Waals surface area contributed by atoms with Gasteiger partial charge in [-0.3, -0.25) is 9.52 Å². The van der Waals surface area contributed by atoms with Crippen LogP contribution < -0.4 is 4.72 Å². The van der Waals surface area contributed by atoms with Gasteiger partial charge in [-0.15, -0.1) is 0 Å². The molecule has 1 aliphatic carbocycles. The zero-order chi connectivity index (χ0) is 23.1. The molecule has 0 bridgehead atoms. The van der Waals surface area contributed by atoms with Crippen molar-refractivity contribution in [2.24, 2.45) is 5.92 Å². The standard InChI is InChI=1S/C26H30F2N2OS/c1-4-30(2)14-13-18-11-12-25(29-32-3)23(24(18)17-31)16-20-8-6-10-22(26(20)28)19-7-5-9-21(27)15-19/h5-10,13-15,17,23,25,29H,4,11-12,16H2,1-3H3/b14-13-. The molecule has 2 aromatic carbocycles. The van der Waals surface area contributed by atoms with Crippen LogP contribution in [0.4, 0.5) is 8.78 Å². The van der Waals surface area contributed by atoms with Gasteiger partial charge in [0, 0.05) is 36.7 Å². The summed E-state index contributed by atoms with van der Waals surface area (Å²) in [6.07, 6.45) is 8.93. The second-order valence-electron chi connectivity index (χ2n) is 8.05. The Balaban J connectivity index is 1.99. The average Bonchev–Trinajstić information content (AvgIpc) is 2.80. The van der Waals surface area contributed by atoms with E-state index in [0.29, 0.717) is 23.1 Å². The van der Waals surface area contributed by atoms with Gasteiger partial charge in [-0.1, -0.05) is 42.3 Å². The molecule has 0 saturated heterocycles. The van der Waals surface area contributed by atoms with Gasteiger partial charge in [0.15, 0.2) is 0 Å². The van der Waals surface area contributed by atoms with Crippen LogP contribution in [0.3, 0.4) is 0 Å². The van der Waals surface area contributed by atoms with Gasteiger partial charge in [0.05, 0.1) is 0 Å². The first kappa shape index (κ1) is 24.2. The van der Waals surface area contributed by atoms with Gasteiger partial charge >= 0.3 is 0 Å². The van der Waals surface area contributed by atoms with Crippen molar-refractivity contribution in [2.75, 3.05) is 19.8 Å². The molecule has 0 amide bonds. The first-order valence-electron chi connectivity index (χ1n) is 10.9. The largest absolute Gasteiger partial charge is 0.381 e. The summed E-state index contributed by atoms with van der Waals surface area (Å²) in [6.45, 7) is 2.94. The van der Waals surface area contributed by atoms with Crippen LogP contribution in [0.5, 0.6) is 0 Å². The minimum atomic E-state index is -0.400. The van der Waals surface area contributed by atoms with Crippen molar-refractivity contribution < 1.29 is 13.6 Å². The number of carbonyl (C=O) groups excluding carboxylic acids is 1. The number of halogens is 2. The van der Waals surface area contributed by atoms with Gasteiger partial charge in [0.25, 0.3) is 0 Å². The number of benzene rings is 2. The Morgan fingerprint density at radius 1 is 1.22 bits per heavy atom. The zero-order valence-corrected chi connectivity index (χ0v) is 19.6. The number of allylic oxidation sites excluding steroid dienone is 2. The second kappa shape index (κ2) is 11.4. The van der Waals surface area contributed by atoms with Crippen LogP contribution in [0.2, 0.25) is 0 Å². The fourth-order valence-corrected chi connectivity index (χ4v) is 4.76. The predicted molar refractivity (Wildman–Crippen MR) is 129 cm³/mol. The number of rotatable bonds is 9. The summed E-state index contributed by atoms with van der Waals surface area (Å²) in [7, 11) is 1.99. The molecule has 32 heavy (non-hydrogen) atoms. The van der Waals surface area contributed by atoms with E-state index >= 15 is 4.39 Å². The summed E-state index contributed by atoms with van der Waals surface area (Å²) in [5, 5.41) is 0. The van der Waals surface area contributed by atoms with Gasteiger partial charge in [-0.2, -0.15) is 0 Å². The van der Waals surface area contributed by atoms with Crippen LogP contribution in [0.25, 0.3) is 11.1 Å². The van der Waals surface area contributed by atoms with Crippen molar-refractivity contribution in [3.63, 3.8) is 0 Å². The maximum atomic E-state index is 15.5. The van der Waals surface area contributed by atoms with Gasteiger partial charge in [-0.05, 0) is 73.6 Å². The molecule has 2 atom stereocenters. The van der Waals surface area contributed by atoms with E-state index < -0.39 is 5.82 Å². The molecule has 2 aromatic rings. The van der Waals surface area contributed by atoms with Gasteiger partial charge in [-0.25, -0.2) is 8.78 Å². The topological polar surface area (TPSA) is 32.3 Å². The fraction of sp³-hybridized carbons (Fsp3) is 0.346. The molecule has 0 aromatic heterocycles. The van der Waals surface area contributed by atoms with Crippen LogP contribution in [0.1, 0.15) is 25.3 Å². The van der Waals surface area contributed by atoms with Crippen LogP contribution in [-0.4, -0.2) is 37.1 Å². The monoisotopic (exact) mass is 456 g/mol. The molecule has 0 radical (unpaired) electrons. The van der Waals surface area contributed by atoms with Crippen molar-refractivity contribution in [3.8, 4) is 11.1 Å². The Morgan fingerprint density at radius 2 is 2.00 bits per heavy atom. The van der Waals surface area contributed by atoms with Crippen molar-refractivity contribution >= 4 is 18.2 Å². The van der Waals surface area contributed by atoms with E-state index in [4.69, 9.17) is 0 Å². The molecule has 6 heteroatoms. The Hall–Kier alpha value is -2.44. The van der Waals surface area contributed by atoms with Gasteiger partial charge in [0.2, 0.25) is 0 Å². The van der Waals surface area contributed by atoms with E-state index in [-0.39, 0.29) is 17.8 Å². The van der Waals surface area contributed by atoms with Crippen molar-refractivity contribution in [1.29, 1.82) is 0 Å². The molecular weight excluding hydrogens is 426 g/mol. The summed E-state index contributed by atoms with van der Waals surface area (Å²) >= 11 is 1.51. The Kier molecular flexibility index (Phi) is 8.65. The van der Waals surface area contributed by atoms with E-state index in [2.05, 4.69) is 16.5 Å². The molecule has 2 unspecified atom stereocenters. The highest BCUT2D eigenvalue weighted by atomic mass is 32.2. The molecule has 0 aliphatic heterocycles. The zero-order valence-electron chi connectivity index (χ0n) is 18.8. The van der Waals surface area contributed by atoms with E-state index in [1.165, 1.54) is 24.1 Å². The van der Waals surface area contributed by atoms with Crippen LogP contribution >= 0.6 is 11.9 Å². The van der Waals surface area contributed by atoms with E-state index in [0.717, 1.165) is 36.8 Å². The third-order valence-corrected chi connectivity index (χ3v) is 6.60. The van der Waals surface area contributed by atoms with Gasteiger partial charge in [0.1, 0.15) is 17.9 Å². The molecule has 1 aliphatic rings. The molecular formula is C26H30F2N2OS. The number of hydrogen-bond acceptors (Lipinski definition) is 4. The van der Waals surface area contributed by atoms with Crippen LogP contribution in [0, 0.1) is 17.6 Å². The Bertz CT molecular complexity index is 1010. The quantitative estimate of drug-likeness (QED) is 0.383. The number of hydrogen-bond donors (Lipinski definition) is 1. The van der Waals surface area contributed by atoms with Crippen LogP contribution in [0.15, 0.2) is 65.9 Å². The fourth-order valence-electron chi connectivity index (χ4n) is 4.17. The van der Waals surface area contributed by atoms with Crippen molar-refractivity contribution in [2.45, 2.75) is 32.2 Å². The lowest BCUT2D eigenvalue weighted by Crippen LogP contribution is -2.38. The smallest absolute Gasteiger partial charge is 0.146 e. The highest BCUT2D eigenvalue weighted by molar-refractivity contribution is 7.96. The lowest BCUT2D eigenvalue weighted by atomic mass is 9.76. The molecule has 3 nitrogen and oxygen atoms in total. The highest BCUT2D eigenvalue weighted by Crippen LogP contribution is 2.35. The predicted octanol–water partition coefficient (Wildman–Crippen LogP) is 5.78. The summed E-state index contributed by atoms with van der Waals surface area (Å²) in [5.74, 6) is -0.916. The molecule has 3 rings (SSSR count). The summed E-state index contributed by atoms with van der Waals surface area (Å²) in [5.41, 5.74) is 3.13. The normalized spacial score (nSPS) is 18.9. The molecule has 0 saturated carbocycles. The van der Waals surface area contributed by atoms with Crippen molar-refractivity contribution in [3.05, 3.63) is 83.1 Å². The molecule has 0 heterocycles. The Morgan fingerprint density at radius 3 is 2.69 bits per heavy atom. The number of carbonyl (C=O) groups is 1. The maximum absolute atomic E-state index is 15.5. The number of nitrogens with one attached hydrogen (secondary N) is 1. The van der Waals surface area contributed by atoms with Gasteiger partial charge < -0.3 is 4.90 Å². The minimum absolute atomic E-state index is 0.0588. The maximum Gasteiger partial charge on any atom is 0.146 e. The van der Waals surface area contributed by atoms with E-state index in [9.17, 15) is 9.18 Å². The van der Waals surface area contributed by atoms with Crippen molar-refractivity contribution in [1.82, 2.24) is 9.62 Å². The summed E-state index contributed by atoms with van der Waals surface area (Å²) in [4.78, 5) is 14.2. The van der Waals surface area contributed by atoms with E-state index in [1.807, 2.05) is 25.6 Å². The molecule has 0 fully saturated rings. The number of nitrogens with zero attached hydrogens (tertiary/aromatic N) is 1. The molecule has 170 valence electrons. The summed E-state index contributed by atoms with van der Waals surface area (Å²) < 4.78 is 32.6. The third kappa shape index (κ3) is 5.67. The highest BCUT2D eigenvalue weighted by Gasteiger charge is 2.31. The average molecular weight is 457 g/mol. The molecule has 1 N–H and O–H groups in total. The lowest BCUT2D eigenvalue weighted by Gasteiger charge is -2.33. The second-order valence-corrected chi connectivity index (χ2v) is 8.70. The van der Waals surface area contributed by atoms with E-state index in [1.54, 1.807) is 30.3 Å². The SMILES string of the molecule is CCN(C)/C=C\C1=C(C=O)C(Cc2cccc(-c3cccc(F)c3)c2F)C(NSC)CC1. The van der Waals surface area contributed by atoms with Crippen LogP contribution in [-0.2, 0) is 11.2 Å². The first-order chi connectivity index (χ1) is 15.5. The summed E-state index contributed by atoms with van der Waals surface area (Å²) in [6, 6.07) is 11.2.